The minimum Gasteiger partial charge on any atom is -0.352 e. The number of aromatic nitrogens is 4. The highest BCUT2D eigenvalue weighted by atomic mass is 16.1. The molecule has 1 heterocycles. The molecule has 0 fully saturated rings. The van der Waals surface area contributed by atoms with E-state index < -0.39 is 0 Å². The standard InChI is InChI=1S/C12H15N5O/c1-2-3-8-13-12(18)10-4-6-11(7-5-10)17-9-14-15-16-17/h4-7,9H,2-3,8H2,1H3,(H,13,18). The first-order chi connectivity index (χ1) is 8.81. The smallest absolute Gasteiger partial charge is 0.251 e. The largest absolute Gasteiger partial charge is 0.352 e. The Morgan fingerprint density at radius 1 is 1.33 bits per heavy atom. The van der Waals surface area contributed by atoms with E-state index in [0.29, 0.717) is 12.1 Å². The number of hydrogen-bond acceptors (Lipinski definition) is 4. The zero-order valence-electron chi connectivity index (χ0n) is 10.2. The zero-order valence-corrected chi connectivity index (χ0v) is 10.2. The SMILES string of the molecule is CCCCNC(=O)c1ccc(-n2cnnn2)cc1. The maximum absolute atomic E-state index is 11.8. The molecule has 1 aromatic carbocycles. The van der Waals surface area contributed by atoms with E-state index in [-0.39, 0.29) is 5.91 Å². The number of unbranched alkanes of at least 4 members (excludes halogenated alkanes) is 1. The molecule has 0 atom stereocenters. The Bertz CT molecular complexity index is 492. The number of nitrogens with zero attached hydrogens (tertiary/aromatic N) is 4. The molecule has 0 saturated carbocycles. The summed E-state index contributed by atoms with van der Waals surface area (Å²) in [6, 6.07) is 7.15. The topological polar surface area (TPSA) is 72.7 Å². The first-order valence-corrected chi connectivity index (χ1v) is 5.93. The quantitative estimate of drug-likeness (QED) is 0.803. The minimum absolute atomic E-state index is 0.0493. The molecule has 0 aliphatic rings. The summed E-state index contributed by atoms with van der Waals surface area (Å²) in [6.45, 7) is 2.80. The Hall–Kier alpha value is -2.24. The van der Waals surface area contributed by atoms with Gasteiger partial charge in [-0.05, 0) is 41.1 Å². The molecule has 2 rings (SSSR count). The molecule has 0 aliphatic carbocycles. The summed E-state index contributed by atoms with van der Waals surface area (Å²) in [5, 5.41) is 13.8. The Morgan fingerprint density at radius 2 is 2.11 bits per heavy atom. The van der Waals surface area contributed by atoms with Gasteiger partial charge in [-0.1, -0.05) is 13.3 Å². The molecule has 0 spiro atoms. The molecule has 94 valence electrons. The van der Waals surface area contributed by atoms with Crippen molar-refractivity contribution < 1.29 is 4.79 Å². The van der Waals surface area contributed by atoms with Gasteiger partial charge >= 0.3 is 0 Å². The fourth-order valence-corrected chi connectivity index (χ4v) is 1.53. The lowest BCUT2D eigenvalue weighted by Gasteiger charge is -2.05. The van der Waals surface area contributed by atoms with Crippen molar-refractivity contribution in [2.75, 3.05) is 6.54 Å². The second-order valence-electron chi connectivity index (χ2n) is 3.91. The molecule has 2 aromatic rings. The van der Waals surface area contributed by atoms with E-state index >= 15 is 0 Å². The molecular weight excluding hydrogens is 230 g/mol. The highest BCUT2D eigenvalue weighted by molar-refractivity contribution is 5.94. The van der Waals surface area contributed by atoms with Crippen LogP contribution < -0.4 is 5.32 Å². The highest BCUT2D eigenvalue weighted by Gasteiger charge is 2.05. The average Bonchev–Trinajstić information content (AvgIpc) is 2.93. The van der Waals surface area contributed by atoms with Gasteiger partial charge in [0.1, 0.15) is 6.33 Å². The second kappa shape index (κ2) is 5.90. The van der Waals surface area contributed by atoms with Crippen molar-refractivity contribution >= 4 is 5.91 Å². The average molecular weight is 245 g/mol. The van der Waals surface area contributed by atoms with E-state index in [4.69, 9.17) is 0 Å². The van der Waals surface area contributed by atoms with Gasteiger partial charge in [0.05, 0.1) is 5.69 Å². The number of amides is 1. The van der Waals surface area contributed by atoms with Crippen LogP contribution in [0.25, 0.3) is 5.69 Å². The Labute approximate surface area is 105 Å². The number of rotatable bonds is 5. The zero-order chi connectivity index (χ0) is 12.8. The molecular formula is C12H15N5O. The van der Waals surface area contributed by atoms with Gasteiger partial charge in [-0.3, -0.25) is 4.79 Å². The van der Waals surface area contributed by atoms with Crippen LogP contribution in [0.5, 0.6) is 0 Å². The molecule has 1 amide bonds. The van der Waals surface area contributed by atoms with E-state index in [1.807, 2.05) is 12.1 Å². The van der Waals surface area contributed by atoms with Gasteiger partial charge in [-0.2, -0.15) is 0 Å². The van der Waals surface area contributed by atoms with Crippen molar-refractivity contribution in [3.05, 3.63) is 36.2 Å². The van der Waals surface area contributed by atoms with E-state index in [0.717, 1.165) is 18.5 Å². The van der Waals surface area contributed by atoms with Crippen LogP contribution in [0.1, 0.15) is 30.1 Å². The van der Waals surface area contributed by atoms with Crippen molar-refractivity contribution in [1.29, 1.82) is 0 Å². The Kier molecular flexibility index (Phi) is 4.01. The summed E-state index contributed by atoms with van der Waals surface area (Å²) in [7, 11) is 0. The normalized spacial score (nSPS) is 10.3. The third-order valence-electron chi connectivity index (χ3n) is 2.56. The fraction of sp³-hybridized carbons (Fsp3) is 0.333. The summed E-state index contributed by atoms with van der Waals surface area (Å²) in [4.78, 5) is 11.8. The van der Waals surface area contributed by atoms with Gasteiger partial charge in [0.25, 0.3) is 5.91 Å². The maximum Gasteiger partial charge on any atom is 0.251 e. The third kappa shape index (κ3) is 2.91. The molecule has 0 radical (unpaired) electrons. The van der Waals surface area contributed by atoms with Crippen LogP contribution in [0.3, 0.4) is 0 Å². The maximum atomic E-state index is 11.8. The lowest BCUT2D eigenvalue weighted by molar-refractivity contribution is 0.0953. The molecule has 18 heavy (non-hydrogen) atoms. The van der Waals surface area contributed by atoms with Crippen molar-refractivity contribution in [3.8, 4) is 5.69 Å². The van der Waals surface area contributed by atoms with Crippen LogP contribution in [0.15, 0.2) is 30.6 Å². The van der Waals surface area contributed by atoms with Gasteiger partial charge in [0.2, 0.25) is 0 Å². The van der Waals surface area contributed by atoms with Crippen LogP contribution in [0.2, 0.25) is 0 Å². The van der Waals surface area contributed by atoms with Crippen LogP contribution in [0, 0.1) is 0 Å². The van der Waals surface area contributed by atoms with Crippen molar-refractivity contribution in [2.45, 2.75) is 19.8 Å². The van der Waals surface area contributed by atoms with Crippen LogP contribution >= 0.6 is 0 Å². The number of tetrazole rings is 1. The second-order valence-corrected chi connectivity index (χ2v) is 3.91. The van der Waals surface area contributed by atoms with Crippen LogP contribution in [-0.2, 0) is 0 Å². The summed E-state index contributed by atoms with van der Waals surface area (Å²) >= 11 is 0. The lowest BCUT2D eigenvalue weighted by atomic mass is 10.2. The molecule has 0 unspecified atom stereocenters. The summed E-state index contributed by atoms with van der Waals surface area (Å²) in [6.07, 6.45) is 3.57. The van der Waals surface area contributed by atoms with Gasteiger partial charge in [-0.25, -0.2) is 4.68 Å². The Morgan fingerprint density at radius 3 is 2.72 bits per heavy atom. The first-order valence-electron chi connectivity index (χ1n) is 5.93. The van der Waals surface area contributed by atoms with E-state index in [9.17, 15) is 4.79 Å². The van der Waals surface area contributed by atoms with Crippen molar-refractivity contribution in [2.24, 2.45) is 0 Å². The molecule has 0 bridgehead atoms. The Balaban J connectivity index is 2.01. The van der Waals surface area contributed by atoms with E-state index in [1.165, 1.54) is 6.33 Å². The van der Waals surface area contributed by atoms with Gasteiger partial charge in [0.15, 0.2) is 0 Å². The molecule has 1 aromatic heterocycles. The fourth-order valence-electron chi connectivity index (χ4n) is 1.53. The molecule has 1 N–H and O–H groups in total. The minimum atomic E-state index is -0.0493. The van der Waals surface area contributed by atoms with Gasteiger partial charge in [-0.15, -0.1) is 5.10 Å². The summed E-state index contributed by atoms with van der Waals surface area (Å²) in [5.41, 5.74) is 1.47. The van der Waals surface area contributed by atoms with E-state index in [1.54, 1.807) is 16.8 Å². The molecule has 6 nitrogen and oxygen atoms in total. The molecule has 0 aliphatic heterocycles. The molecule has 6 heteroatoms. The van der Waals surface area contributed by atoms with Crippen LogP contribution in [-0.4, -0.2) is 32.7 Å². The van der Waals surface area contributed by atoms with Crippen molar-refractivity contribution in [1.82, 2.24) is 25.5 Å². The highest BCUT2D eigenvalue weighted by Crippen LogP contribution is 2.07. The van der Waals surface area contributed by atoms with Gasteiger partial charge < -0.3 is 5.32 Å². The monoisotopic (exact) mass is 245 g/mol. The van der Waals surface area contributed by atoms with Crippen LogP contribution in [0.4, 0.5) is 0 Å². The number of carbonyl (C=O) groups is 1. The summed E-state index contributed by atoms with van der Waals surface area (Å²) in [5.74, 6) is -0.0493. The number of nitrogens with one attached hydrogen (secondary N) is 1. The lowest BCUT2D eigenvalue weighted by Crippen LogP contribution is -2.24. The van der Waals surface area contributed by atoms with Crippen molar-refractivity contribution in [3.63, 3.8) is 0 Å². The number of benzene rings is 1. The van der Waals surface area contributed by atoms with E-state index in [2.05, 4.69) is 27.8 Å². The van der Waals surface area contributed by atoms with Gasteiger partial charge in [0, 0.05) is 12.1 Å². The third-order valence-corrected chi connectivity index (χ3v) is 2.56. The first kappa shape index (κ1) is 12.2. The number of hydrogen-bond donors (Lipinski definition) is 1. The predicted molar refractivity (Wildman–Crippen MR) is 66.4 cm³/mol. The molecule has 0 saturated heterocycles. The predicted octanol–water partition coefficient (Wildman–Crippen LogP) is 1.19. The number of carbonyl (C=O) groups excluding carboxylic acids is 1. The summed E-state index contributed by atoms with van der Waals surface area (Å²) < 4.78 is 1.54.